The first-order valence-electron chi connectivity index (χ1n) is 5.65. The molecule has 7 heteroatoms. The van der Waals surface area contributed by atoms with Crippen LogP contribution in [0.15, 0.2) is 35.2 Å². The van der Waals surface area contributed by atoms with Gasteiger partial charge in [-0.2, -0.15) is 0 Å². The molecule has 6 nitrogen and oxygen atoms in total. The minimum atomic E-state index is -0.350. The van der Waals surface area contributed by atoms with Crippen LogP contribution in [0.1, 0.15) is 10.4 Å². The van der Waals surface area contributed by atoms with Gasteiger partial charge in [0.2, 0.25) is 0 Å². The molecule has 1 amide bonds. The third kappa shape index (κ3) is 3.05. The molecule has 0 unspecified atom stereocenters. The highest BCUT2D eigenvalue weighted by Gasteiger charge is 2.16. The number of methoxy groups -OCH3 is 2. The maximum Gasteiger partial charge on any atom is 0.260 e. The number of hydrogen-bond donors (Lipinski definition) is 1. The zero-order chi connectivity index (χ0) is 14.5. The summed E-state index contributed by atoms with van der Waals surface area (Å²) >= 11 is 3.18. The van der Waals surface area contributed by atoms with Gasteiger partial charge in [-0.1, -0.05) is 6.07 Å². The van der Waals surface area contributed by atoms with E-state index in [2.05, 4.69) is 31.2 Å². The number of nitrogens with one attached hydrogen (secondary N) is 1. The molecule has 0 atom stereocenters. The molecule has 2 rings (SSSR count). The van der Waals surface area contributed by atoms with Crippen LogP contribution in [0.25, 0.3) is 0 Å². The van der Waals surface area contributed by atoms with Crippen molar-refractivity contribution in [1.82, 2.24) is 9.97 Å². The largest absolute Gasteiger partial charge is 0.493 e. The van der Waals surface area contributed by atoms with Crippen LogP contribution in [0, 0.1) is 0 Å². The summed E-state index contributed by atoms with van der Waals surface area (Å²) in [5.74, 6) is 0.861. The van der Waals surface area contributed by atoms with Gasteiger partial charge in [0.1, 0.15) is 4.60 Å². The van der Waals surface area contributed by atoms with E-state index in [1.54, 1.807) is 18.2 Å². The van der Waals surface area contributed by atoms with Crippen molar-refractivity contribution < 1.29 is 14.3 Å². The molecule has 0 saturated carbocycles. The first-order chi connectivity index (χ1) is 9.65. The lowest BCUT2D eigenvalue weighted by Gasteiger charge is -2.12. The van der Waals surface area contributed by atoms with Crippen molar-refractivity contribution in [3.05, 3.63) is 40.8 Å². The number of amides is 1. The van der Waals surface area contributed by atoms with Gasteiger partial charge in [-0.25, -0.2) is 9.97 Å². The summed E-state index contributed by atoms with van der Waals surface area (Å²) in [6.07, 6.45) is 2.95. The molecule has 1 aromatic carbocycles. The fourth-order valence-corrected chi connectivity index (χ4v) is 1.83. The summed E-state index contributed by atoms with van der Waals surface area (Å²) in [5.41, 5.74) is 0.358. The fourth-order valence-electron chi connectivity index (χ4n) is 1.63. The molecule has 1 N–H and O–H groups in total. The van der Waals surface area contributed by atoms with E-state index in [9.17, 15) is 4.79 Å². The lowest BCUT2D eigenvalue weighted by atomic mass is 10.1. The SMILES string of the molecule is COc1cccc(C(=O)Nc2cnc(Br)cn2)c1OC. The van der Waals surface area contributed by atoms with E-state index in [1.165, 1.54) is 26.6 Å². The monoisotopic (exact) mass is 337 g/mol. The van der Waals surface area contributed by atoms with Crippen LogP contribution >= 0.6 is 15.9 Å². The Morgan fingerprint density at radius 3 is 2.60 bits per heavy atom. The minimum absolute atomic E-state index is 0.350. The average molecular weight is 338 g/mol. The van der Waals surface area contributed by atoms with Gasteiger partial charge in [-0.05, 0) is 28.1 Å². The van der Waals surface area contributed by atoms with Gasteiger partial charge < -0.3 is 14.8 Å². The second-order valence-corrected chi connectivity index (χ2v) is 4.53. The number of carbonyl (C=O) groups is 1. The van der Waals surface area contributed by atoms with Gasteiger partial charge >= 0.3 is 0 Å². The third-order valence-corrected chi connectivity index (χ3v) is 2.92. The van der Waals surface area contributed by atoms with Gasteiger partial charge in [-0.15, -0.1) is 0 Å². The Kier molecular flexibility index (Phi) is 4.52. The average Bonchev–Trinajstić information content (AvgIpc) is 2.48. The zero-order valence-electron chi connectivity index (χ0n) is 10.9. The van der Waals surface area contributed by atoms with Crippen LogP contribution in [0.5, 0.6) is 11.5 Å². The first-order valence-corrected chi connectivity index (χ1v) is 6.45. The topological polar surface area (TPSA) is 73.3 Å². The number of benzene rings is 1. The predicted molar refractivity (Wildman–Crippen MR) is 77.2 cm³/mol. The molecule has 0 saturated heterocycles. The van der Waals surface area contributed by atoms with E-state index >= 15 is 0 Å². The maximum absolute atomic E-state index is 12.2. The Hall–Kier alpha value is -2.15. The predicted octanol–water partition coefficient (Wildman–Crippen LogP) is 2.51. The Balaban J connectivity index is 2.27. The van der Waals surface area contributed by atoms with E-state index in [-0.39, 0.29) is 5.91 Å². The zero-order valence-corrected chi connectivity index (χ0v) is 12.5. The van der Waals surface area contributed by atoms with Crippen molar-refractivity contribution in [2.24, 2.45) is 0 Å². The number of ether oxygens (including phenoxy) is 2. The molecule has 0 aliphatic heterocycles. The number of hydrogen-bond acceptors (Lipinski definition) is 5. The number of anilines is 1. The number of nitrogens with zero attached hydrogens (tertiary/aromatic N) is 2. The van der Waals surface area contributed by atoms with E-state index < -0.39 is 0 Å². The number of aromatic nitrogens is 2. The van der Waals surface area contributed by atoms with E-state index in [4.69, 9.17) is 9.47 Å². The fraction of sp³-hybridized carbons (Fsp3) is 0.154. The van der Waals surface area contributed by atoms with Gasteiger partial charge in [0.05, 0.1) is 32.2 Å². The summed E-state index contributed by atoms with van der Waals surface area (Å²) in [5, 5.41) is 2.64. The standard InChI is InChI=1S/C13H12BrN3O3/c1-19-9-5-3-4-8(12(9)20-2)13(18)17-11-7-15-10(14)6-16-11/h3-7H,1-2H3,(H,16,17,18). The van der Waals surface area contributed by atoms with Crippen LogP contribution in [0.2, 0.25) is 0 Å². The molecule has 1 aromatic heterocycles. The van der Waals surface area contributed by atoms with Crippen molar-refractivity contribution in [2.75, 3.05) is 19.5 Å². The van der Waals surface area contributed by atoms with Crippen molar-refractivity contribution in [2.45, 2.75) is 0 Å². The van der Waals surface area contributed by atoms with Crippen molar-refractivity contribution in [1.29, 1.82) is 0 Å². The molecular weight excluding hydrogens is 326 g/mol. The van der Waals surface area contributed by atoms with Crippen molar-refractivity contribution >= 4 is 27.7 Å². The van der Waals surface area contributed by atoms with Crippen LogP contribution in [0.4, 0.5) is 5.82 Å². The van der Waals surface area contributed by atoms with E-state index in [0.717, 1.165) is 0 Å². The molecule has 0 aliphatic rings. The summed E-state index contributed by atoms with van der Waals surface area (Å²) in [4.78, 5) is 20.2. The second kappa shape index (κ2) is 6.33. The van der Waals surface area contributed by atoms with Crippen molar-refractivity contribution in [3.63, 3.8) is 0 Å². The van der Waals surface area contributed by atoms with Gasteiger partial charge in [-0.3, -0.25) is 4.79 Å². The Labute approximate surface area is 124 Å². The van der Waals surface area contributed by atoms with Gasteiger partial charge in [0, 0.05) is 0 Å². The minimum Gasteiger partial charge on any atom is -0.493 e. The lowest BCUT2D eigenvalue weighted by Crippen LogP contribution is -2.14. The maximum atomic E-state index is 12.2. The number of rotatable bonds is 4. The molecule has 0 aliphatic carbocycles. The quantitative estimate of drug-likeness (QED) is 0.927. The number of para-hydroxylation sites is 1. The summed E-state index contributed by atoms with van der Waals surface area (Å²) in [6, 6.07) is 5.07. The highest BCUT2D eigenvalue weighted by molar-refractivity contribution is 9.10. The Morgan fingerprint density at radius 1 is 1.20 bits per heavy atom. The molecular formula is C13H12BrN3O3. The van der Waals surface area contributed by atoms with Crippen LogP contribution in [-0.2, 0) is 0 Å². The van der Waals surface area contributed by atoms with Crippen LogP contribution in [0.3, 0.4) is 0 Å². The lowest BCUT2D eigenvalue weighted by molar-refractivity contribution is 0.102. The van der Waals surface area contributed by atoms with Crippen molar-refractivity contribution in [3.8, 4) is 11.5 Å². The highest BCUT2D eigenvalue weighted by atomic mass is 79.9. The summed E-state index contributed by atoms with van der Waals surface area (Å²) < 4.78 is 11.0. The Morgan fingerprint density at radius 2 is 2.00 bits per heavy atom. The molecule has 20 heavy (non-hydrogen) atoms. The van der Waals surface area contributed by atoms with Gasteiger partial charge in [0.15, 0.2) is 17.3 Å². The molecule has 0 spiro atoms. The smallest absolute Gasteiger partial charge is 0.260 e. The molecule has 0 radical (unpaired) electrons. The van der Waals surface area contributed by atoms with Gasteiger partial charge in [0.25, 0.3) is 5.91 Å². The molecule has 0 bridgehead atoms. The number of halogens is 1. The number of carbonyl (C=O) groups excluding carboxylic acids is 1. The second-order valence-electron chi connectivity index (χ2n) is 3.72. The van der Waals surface area contributed by atoms with E-state index in [0.29, 0.717) is 27.5 Å². The van der Waals surface area contributed by atoms with Crippen LogP contribution < -0.4 is 14.8 Å². The normalized spacial score (nSPS) is 9.95. The van der Waals surface area contributed by atoms with Crippen LogP contribution in [-0.4, -0.2) is 30.1 Å². The summed E-state index contributed by atoms with van der Waals surface area (Å²) in [6.45, 7) is 0. The highest BCUT2D eigenvalue weighted by Crippen LogP contribution is 2.30. The molecule has 0 fully saturated rings. The molecule has 2 aromatic rings. The molecule has 104 valence electrons. The summed E-state index contributed by atoms with van der Waals surface area (Å²) in [7, 11) is 2.99. The Bertz CT molecular complexity index is 617. The molecule has 1 heterocycles. The van der Waals surface area contributed by atoms with E-state index in [1.807, 2.05) is 0 Å². The third-order valence-electron chi connectivity index (χ3n) is 2.51. The first kappa shape index (κ1) is 14.3.